The number of benzene rings is 1. The molecule has 0 aliphatic rings. The molecule has 1 aromatic carbocycles. The van der Waals surface area contributed by atoms with Crippen molar-refractivity contribution in [1.29, 1.82) is 0 Å². The Balaban J connectivity index is 2.99. The zero-order chi connectivity index (χ0) is 11.3. The fourth-order valence-corrected chi connectivity index (χ4v) is 1.30. The molecule has 2 N–H and O–H groups in total. The number of para-hydroxylation sites is 1. The summed E-state index contributed by atoms with van der Waals surface area (Å²) < 4.78 is 11.1. The molecular formula is C12H19NO2. The van der Waals surface area contributed by atoms with Crippen LogP contribution in [0.15, 0.2) is 18.2 Å². The van der Waals surface area contributed by atoms with Gasteiger partial charge in [-0.2, -0.15) is 0 Å². The predicted octanol–water partition coefficient (Wildman–Crippen LogP) is 2.33. The summed E-state index contributed by atoms with van der Waals surface area (Å²) in [5.41, 5.74) is 6.64. The Bertz CT molecular complexity index is 290. The lowest BCUT2D eigenvalue weighted by Crippen LogP contribution is -2.13. The van der Waals surface area contributed by atoms with Gasteiger partial charge in [0.1, 0.15) is 0 Å². The first-order valence-electron chi connectivity index (χ1n) is 5.25. The average Bonchev–Trinajstić information content (AvgIpc) is 2.29. The fourth-order valence-electron chi connectivity index (χ4n) is 1.30. The van der Waals surface area contributed by atoms with Crippen molar-refractivity contribution in [3.8, 4) is 11.5 Å². The van der Waals surface area contributed by atoms with E-state index in [0.717, 1.165) is 23.5 Å². The van der Waals surface area contributed by atoms with Crippen LogP contribution in [-0.4, -0.2) is 13.2 Å². The largest absolute Gasteiger partial charge is 0.493 e. The van der Waals surface area contributed by atoms with E-state index in [1.807, 2.05) is 25.1 Å². The molecule has 3 heteroatoms. The number of hydrogen-bond donors (Lipinski definition) is 1. The van der Waals surface area contributed by atoms with Crippen LogP contribution < -0.4 is 15.2 Å². The van der Waals surface area contributed by atoms with Gasteiger partial charge in [-0.1, -0.05) is 19.1 Å². The van der Waals surface area contributed by atoms with Gasteiger partial charge in [0.2, 0.25) is 0 Å². The van der Waals surface area contributed by atoms with Gasteiger partial charge in [-0.25, -0.2) is 0 Å². The van der Waals surface area contributed by atoms with Crippen molar-refractivity contribution in [3.05, 3.63) is 23.8 Å². The third-order valence-electron chi connectivity index (χ3n) is 2.39. The first kappa shape index (κ1) is 11.9. The Morgan fingerprint density at radius 2 is 2.13 bits per heavy atom. The molecule has 1 atom stereocenters. The molecule has 0 aliphatic heterocycles. The minimum Gasteiger partial charge on any atom is -0.493 e. The molecular weight excluding hydrogens is 190 g/mol. The number of hydrogen-bond acceptors (Lipinski definition) is 3. The monoisotopic (exact) mass is 209 g/mol. The lowest BCUT2D eigenvalue weighted by atomic mass is 10.2. The lowest BCUT2D eigenvalue weighted by molar-refractivity contribution is 0.205. The van der Waals surface area contributed by atoms with Gasteiger partial charge < -0.3 is 15.2 Å². The molecule has 0 heterocycles. The van der Waals surface area contributed by atoms with Crippen LogP contribution in [0.25, 0.3) is 0 Å². The third-order valence-corrected chi connectivity index (χ3v) is 2.39. The smallest absolute Gasteiger partial charge is 0.166 e. The summed E-state index contributed by atoms with van der Waals surface area (Å²) in [6.45, 7) is 4.58. The van der Waals surface area contributed by atoms with E-state index < -0.39 is 0 Å². The second-order valence-electron chi connectivity index (χ2n) is 3.49. The quantitative estimate of drug-likeness (QED) is 0.809. The molecule has 3 nitrogen and oxygen atoms in total. The van der Waals surface area contributed by atoms with Gasteiger partial charge in [0.25, 0.3) is 0 Å². The first-order chi connectivity index (χ1) is 7.22. The molecule has 0 spiro atoms. The van der Waals surface area contributed by atoms with Crippen molar-refractivity contribution in [2.45, 2.75) is 32.9 Å². The van der Waals surface area contributed by atoms with Crippen molar-refractivity contribution in [3.63, 3.8) is 0 Å². The van der Waals surface area contributed by atoms with Crippen LogP contribution >= 0.6 is 0 Å². The van der Waals surface area contributed by atoms with Gasteiger partial charge in [-0.05, 0) is 19.4 Å². The van der Waals surface area contributed by atoms with Crippen molar-refractivity contribution < 1.29 is 9.47 Å². The molecule has 15 heavy (non-hydrogen) atoms. The molecule has 0 radical (unpaired) electrons. The summed E-state index contributed by atoms with van der Waals surface area (Å²) in [5.74, 6) is 1.52. The number of methoxy groups -OCH3 is 1. The van der Waals surface area contributed by atoms with Crippen LogP contribution in [0.1, 0.15) is 25.8 Å². The second kappa shape index (κ2) is 5.61. The van der Waals surface area contributed by atoms with Gasteiger partial charge in [0, 0.05) is 12.1 Å². The van der Waals surface area contributed by atoms with Crippen molar-refractivity contribution in [2.24, 2.45) is 5.73 Å². The number of nitrogens with two attached hydrogens (primary N) is 1. The maximum atomic E-state index is 5.80. The minimum absolute atomic E-state index is 0.173. The van der Waals surface area contributed by atoms with Crippen LogP contribution in [0, 0.1) is 0 Å². The molecule has 1 unspecified atom stereocenters. The molecule has 0 aromatic heterocycles. The van der Waals surface area contributed by atoms with E-state index in [1.54, 1.807) is 7.11 Å². The normalized spacial score (nSPS) is 12.3. The summed E-state index contributed by atoms with van der Waals surface area (Å²) in [7, 11) is 1.64. The highest BCUT2D eigenvalue weighted by Gasteiger charge is 2.11. The highest BCUT2D eigenvalue weighted by atomic mass is 16.5. The maximum Gasteiger partial charge on any atom is 0.166 e. The van der Waals surface area contributed by atoms with Gasteiger partial charge >= 0.3 is 0 Å². The molecule has 1 aromatic rings. The molecule has 0 bridgehead atoms. The highest BCUT2D eigenvalue weighted by Crippen LogP contribution is 2.31. The molecule has 0 saturated heterocycles. The molecule has 0 amide bonds. The van der Waals surface area contributed by atoms with Gasteiger partial charge in [0.15, 0.2) is 11.5 Å². The highest BCUT2D eigenvalue weighted by molar-refractivity contribution is 5.46. The summed E-state index contributed by atoms with van der Waals surface area (Å²) in [6, 6.07) is 5.77. The van der Waals surface area contributed by atoms with Gasteiger partial charge in [0.05, 0.1) is 13.2 Å². The summed E-state index contributed by atoms with van der Waals surface area (Å²) in [6.07, 6.45) is 1.13. The first-order valence-corrected chi connectivity index (χ1v) is 5.25. The fraction of sp³-hybridized carbons (Fsp3) is 0.500. The SMILES string of the molecule is CCC(C)Oc1c(CN)cccc1OC. The number of rotatable bonds is 5. The molecule has 1 rings (SSSR count). The van der Waals surface area contributed by atoms with E-state index in [2.05, 4.69) is 6.92 Å². The van der Waals surface area contributed by atoms with Crippen LogP contribution in [0.5, 0.6) is 11.5 Å². The number of ether oxygens (including phenoxy) is 2. The van der Waals surface area contributed by atoms with E-state index in [4.69, 9.17) is 15.2 Å². The van der Waals surface area contributed by atoms with E-state index in [-0.39, 0.29) is 6.10 Å². The van der Waals surface area contributed by atoms with Crippen molar-refractivity contribution >= 4 is 0 Å². The molecule has 0 aliphatic carbocycles. The molecule has 0 saturated carbocycles. The van der Waals surface area contributed by atoms with E-state index >= 15 is 0 Å². The van der Waals surface area contributed by atoms with E-state index in [0.29, 0.717) is 6.54 Å². The third kappa shape index (κ3) is 2.86. The Hall–Kier alpha value is -1.22. The van der Waals surface area contributed by atoms with Crippen LogP contribution in [0.2, 0.25) is 0 Å². The Kier molecular flexibility index (Phi) is 4.43. The Morgan fingerprint density at radius 1 is 1.40 bits per heavy atom. The minimum atomic E-state index is 0.173. The van der Waals surface area contributed by atoms with E-state index in [9.17, 15) is 0 Å². The van der Waals surface area contributed by atoms with Crippen molar-refractivity contribution in [1.82, 2.24) is 0 Å². The second-order valence-corrected chi connectivity index (χ2v) is 3.49. The molecule has 0 fully saturated rings. The van der Waals surface area contributed by atoms with Crippen LogP contribution in [0.3, 0.4) is 0 Å². The standard InChI is InChI=1S/C12H19NO2/c1-4-9(2)15-12-10(8-13)6-5-7-11(12)14-3/h5-7,9H,4,8,13H2,1-3H3. The van der Waals surface area contributed by atoms with Gasteiger partial charge in [-0.3, -0.25) is 0 Å². The average molecular weight is 209 g/mol. The lowest BCUT2D eigenvalue weighted by Gasteiger charge is -2.18. The summed E-state index contributed by atoms with van der Waals surface area (Å²) >= 11 is 0. The van der Waals surface area contributed by atoms with Crippen LogP contribution in [-0.2, 0) is 6.54 Å². The van der Waals surface area contributed by atoms with Crippen molar-refractivity contribution in [2.75, 3.05) is 7.11 Å². The zero-order valence-corrected chi connectivity index (χ0v) is 9.62. The van der Waals surface area contributed by atoms with Gasteiger partial charge in [-0.15, -0.1) is 0 Å². The predicted molar refractivity (Wildman–Crippen MR) is 61.3 cm³/mol. The zero-order valence-electron chi connectivity index (χ0n) is 9.62. The topological polar surface area (TPSA) is 44.5 Å². The van der Waals surface area contributed by atoms with Crippen LogP contribution in [0.4, 0.5) is 0 Å². The Morgan fingerprint density at radius 3 is 2.67 bits per heavy atom. The Labute approximate surface area is 91.2 Å². The maximum absolute atomic E-state index is 5.80. The summed E-state index contributed by atoms with van der Waals surface area (Å²) in [4.78, 5) is 0. The summed E-state index contributed by atoms with van der Waals surface area (Å²) in [5, 5.41) is 0. The van der Waals surface area contributed by atoms with E-state index in [1.165, 1.54) is 0 Å². The molecule has 84 valence electrons.